The third-order valence-corrected chi connectivity index (χ3v) is 2.70. The molecule has 1 aromatic carbocycles. The van der Waals surface area contributed by atoms with Gasteiger partial charge in [0.1, 0.15) is 5.75 Å². The van der Waals surface area contributed by atoms with E-state index in [1.165, 1.54) is 0 Å². The van der Waals surface area contributed by atoms with Crippen LogP contribution in [0.3, 0.4) is 0 Å². The van der Waals surface area contributed by atoms with E-state index in [9.17, 15) is 0 Å². The summed E-state index contributed by atoms with van der Waals surface area (Å²) < 4.78 is 11.1. The van der Waals surface area contributed by atoms with Gasteiger partial charge in [0.25, 0.3) is 0 Å². The molecule has 2 rings (SSSR count). The lowest BCUT2D eigenvalue weighted by molar-refractivity contribution is 0.0903. The number of hydrogen-bond donors (Lipinski definition) is 0. The smallest absolute Gasteiger partial charge is 0.120 e. The molecule has 0 N–H and O–H groups in total. The monoisotopic (exact) mass is 217 g/mol. The third kappa shape index (κ3) is 2.98. The lowest BCUT2D eigenvalue weighted by Crippen LogP contribution is -2.10. The lowest BCUT2D eigenvalue weighted by Gasteiger charge is -2.10. The molecule has 1 aliphatic rings. The molecule has 1 aromatic rings. The quantitative estimate of drug-likeness (QED) is 0.778. The minimum Gasteiger partial charge on any atom is -0.493 e. The molecule has 0 saturated carbocycles. The summed E-state index contributed by atoms with van der Waals surface area (Å²) >= 11 is 0. The molecule has 1 fully saturated rings. The number of benzene rings is 1. The average molecular weight is 217 g/mol. The van der Waals surface area contributed by atoms with Gasteiger partial charge >= 0.3 is 0 Å². The normalized spacial score (nSPS) is 19.3. The van der Waals surface area contributed by atoms with Crippen molar-refractivity contribution in [1.82, 2.24) is 0 Å². The van der Waals surface area contributed by atoms with E-state index < -0.39 is 0 Å². The van der Waals surface area contributed by atoms with Crippen LogP contribution in [0.5, 0.6) is 5.75 Å². The highest BCUT2D eigenvalue weighted by atomic mass is 16.5. The highest BCUT2D eigenvalue weighted by Crippen LogP contribution is 2.17. The van der Waals surface area contributed by atoms with Gasteiger partial charge in [0.05, 0.1) is 24.3 Å². The molecule has 0 bridgehead atoms. The zero-order valence-electron chi connectivity index (χ0n) is 9.19. The fourth-order valence-electron chi connectivity index (χ4n) is 1.84. The van der Waals surface area contributed by atoms with E-state index in [1.807, 2.05) is 12.1 Å². The number of nitriles is 1. The Labute approximate surface area is 95.6 Å². The summed E-state index contributed by atoms with van der Waals surface area (Å²) in [6.07, 6.45) is 3.59. The second-order valence-electron chi connectivity index (χ2n) is 3.91. The summed E-state index contributed by atoms with van der Waals surface area (Å²) in [5.74, 6) is 0.761. The van der Waals surface area contributed by atoms with Crippen LogP contribution in [0.1, 0.15) is 24.8 Å². The predicted molar refractivity (Wildman–Crippen MR) is 60.2 cm³/mol. The summed E-state index contributed by atoms with van der Waals surface area (Å²) in [5, 5.41) is 8.73. The van der Waals surface area contributed by atoms with Crippen molar-refractivity contribution in [3.05, 3.63) is 29.8 Å². The summed E-state index contributed by atoms with van der Waals surface area (Å²) in [6, 6.07) is 9.33. The van der Waals surface area contributed by atoms with Gasteiger partial charge in [-0.3, -0.25) is 0 Å². The van der Waals surface area contributed by atoms with Gasteiger partial charge in [-0.2, -0.15) is 5.26 Å². The Morgan fingerprint density at radius 1 is 1.50 bits per heavy atom. The molecule has 1 aliphatic heterocycles. The van der Waals surface area contributed by atoms with Crippen molar-refractivity contribution in [2.75, 3.05) is 13.2 Å². The van der Waals surface area contributed by atoms with Crippen molar-refractivity contribution in [2.45, 2.75) is 25.4 Å². The lowest BCUT2D eigenvalue weighted by atomic mass is 10.2. The molecule has 0 radical (unpaired) electrons. The number of ether oxygens (including phenoxy) is 2. The van der Waals surface area contributed by atoms with Gasteiger partial charge in [0, 0.05) is 13.0 Å². The van der Waals surface area contributed by atoms with Gasteiger partial charge in [-0.25, -0.2) is 0 Å². The van der Waals surface area contributed by atoms with Gasteiger partial charge in [-0.1, -0.05) is 6.07 Å². The van der Waals surface area contributed by atoms with Crippen LogP contribution in [0, 0.1) is 11.3 Å². The highest BCUT2D eigenvalue weighted by molar-refractivity contribution is 5.36. The van der Waals surface area contributed by atoms with E-state index in [4.69, 9.17) is 14.7 Å². The molecule has 3 heteroatoms. The Kier molecular flexibility index (Phi) is 3.79. The molecular weight excluding hydrogens is 202 g/mol. The Morgan fingerprint density at radius 2 is 2.44 bits per heavy atom. The first-order valence-electron chi connectivity index (χ1n) is 5.63. The molecular formula is C13H15NO2. The first-order chi connectivity index (χ1) is 7.88. The van der Waals surface area contributed by atoms with E-state index >= 15 is 0 Å². The highest BCUT2D eigenvalue weighted by Gasteiger charge is 2.14. The van der Waals surface area contributed by atoms with Crippen molar-refractivity contribution in [3.63, 3.8) is 0 Å². The summed E-state index contributed by atoms with van der Waals surface area (Å²) in [5.41, 5.74) is 0.634. The Morgan fingerprint density at radius 3 is 3.19 bits per heavy atom. The summed E-state index contributed by atoms with van der Waals surface area (Å²) in [4.78, 5) is 0. The first-order valence-corrected chi connectivity index (χ1v) is 5.63. The molecule has 1 saturated heterocycles. The zero-order chi connectivity index (χ0) is 11.2. The fraction of sp³-hybridized carbons (Fsp3) is 0.462. The minimum absolute atomic E-state index is 0.360. The molecule has 1 heterocycles. The SMILES string of the molecule is N#Cc1cccc(OCCC2CCCO2)c1. The van der Waals surface area contributed by atoms with Crippen LogP contribution in [0.2, 0.25) is 0 Å². The van der Waals surface area contributed by atoms with Crippen LogP contribution in [0.15, 0.2) is 24.3 Å². The van der Waals surface area contributed by atoms with Crippen LogP contribution in [-0.2, 0) is 4.74 Å². The second-order valence-corrected chi connectivity index (χ2v) is 3.91. The van der Waals surface area contributed by atoms with Gasteiger partial charge in [-0.15, -0.1) is 0 Å². The summed E-state index contributed by atoms with van der Waals surface area (Å²) in [7, 11) is 0. The van der Waals surface area contributed by atoms with Crippen LogP contribution in [0.25, 0.3) is 0 Å². The maximum Gasteiger partial charge on any atom is 0.120 e. The molecule has 0 aliphatic carbocycles. The molecule has 1 unspecified atom stereocenters. The van der Waals surface area contributed by atoms with Crippen molar-refractivity contribution in [2.24, 2.45) is 0 Å². The van der Waals surface area contributed by atoms with E-state index in [1.54, 1.807) is 12.1 Å². The van der Waals surface area contributed by atoms with E-state index in [2.05, 4.69) is 6.07 Å². The van der Waals surface area contributed by atoms with Crippen LogP contribution in [0.4, 0.5) is 0 Å². The largest absolute Gasteiger partial charge is 0.493 e. The molecule has 1 atom stereocenters. The maximum absolute atomic E-state index is 8.73. The topological polar surface area (TPSA) is 42.2 Å². The van der Waals surface area contributed by atoms with Crippen LogP contribution in [-0.4, -0.2) is 19.3 Å². The second kappa shape index (κ2) is 5.53. The third-order valence-electron chi connectivity index (χ3n) is 2.70. The Bertz CT molecular complexity index is 378. The Hall–Kier alpha value is -1.53. The van der Waals surface area contributed by atoms with Crippen molar-refractivity contribution in [1.29, 1.82) is 5.26 Å². The molecule has 0 spiro atoms. The fourth-order valence-corrected chi connectivity index (χ4v) is 1.84. The zero-order valence-corrected chi connectivity index (χ0v) is 9.19. The first kappa shape index (κ1) is 11.0. The Balaban J connectivity index is 1.78. The molecule has 0 aromatic heterocycles. The molecule has 84 valence electrons. The molecule has 16 heavy (non-hydrogen) atoms. The van der Waals surface area contributed by atoms with Crippen molar-refractivity contribution in [3.8, 4) is 11.8 Å². The number of rotatable bonds is 4. The maximum atomic E-state index is 8.73. The predicted octanol–water partition coefficient (Wildman–Crippen LogP) is 2.51. The van der Waals surface area contributed by atoms with Crippen LogP contribution < -0.4 is 4.74 Å². The van der Waals surface area contributed by atoms with Crippen molar-refractivity contribution < 1.29 is 9.47 Å². The number of nitrogens with zero attached hydrogens (tertiary/aromatic N) is 1. The summed E-state index contributed by atoms with van der Waals surface area (Å²) in [6.45, 7) is 1.54. The van der Waals surface area contributed by atoms with E-state index in [-0.39, 0.29) is 0 Å². The van der Waals surface area contributed by atoms with Gasteiger partial charge in [0.15, 0.2) is 0 Å². The number of hydrogen-bond acceptors (Lipinski definition) is 3. The van der Waals surface area contributed by atoms with Gasteiger partial charge in [0.2, 0.25) is 0 Å². The van der Waals surface area contributed by atoms with Crippen LogP contribution >= 0.6 is 0 Å². The van der Waals surface area contributed by atoms with E-state index in [0.717, 1.165) is 31.6 Å². The minimum atomic E-state index is 0.360. The molecule has 0 amide bonds. The molecule has 3 nitrogen and oxygen atoms in total. The van der Waals surface area contributed by atoms with E-state index in [0.29, 0.717) is 18.3 Å². The average Bonchev–Trinajstić information content (AvgIpc) is 2.82. The van der Waals surface area contributed by atoms with Gasteiger partial charge < -0.3 is 9.47 Å². The van der Waals surface area contributed by atoms with Gasteiger partial charge in [-0.05, 0) is 31.0 Å². The van der Waals surface area contributed by atoms with Crippen molar-refractivity contribution >= 4 is 0 Å². The standard InChI is InChI=1S/C13H15NO2/c14-10-11-3-1-4-13(9-11)16-8-6-12-5-2-7-15-12/h1,3-4,9,12H,2,5-8H2.